The minimum atomic E-state index is -1.03. The van der Waals surface area contributed by atoms with Crippen molar-refractivity contribution in [2.24, 2.45) is 11.8 Å². The van der Waals surface area contributed by atoms with Gasteiger partial charge in [0.1, 0.15) is 0 Å². The highest BCUT2D eigenvalue weighted by Gasteiger charge is 2.24. The molecule has 0 saturated carbocycles. The maximum Gasteiger partial charge on any atom is 0.169 e. The van der Waals surface area contributed by atoms with E-state index in [1.165, 1.54) is 12.1 Å². The van der Waals surface area contributed by atoms with Crippen molar-refractivity contribution in [3.63, 3.8) is 0 Å². The summed E-state index contributed by atoms with van der Waals surface area (Å²) in [6, 6.07) is 3.76. The second-order valence-corrected chi connectivity index (χ2v) is 5.31. The SMILES string of the molecule is CC(CC(=O)c1cccc(F)c1F)C1CCCNC1. The van der Waals surface area contributed by atoms with Crippen LogP contribution in [0.3, 0.4) is 0 Å². The van der Waals surface area contributed by atoms with Crippen LogP contribution in [0.25, 0.3) is 0 Å². The molecule has 1 saturated heterocycles. The number of rotatable bonds is 4. The number of ketones is 1. The Bertz CT molecular complexity index is 455. The maximum atomic E-state index is 13.5. The molecular weight excluding hydrogens is 248 g/mol. The molecule has 1 aromatic carbocycles. The highest BCUT2D eigenvalue weighted by Crippen LogP contribution is 2.25. The molecule has 2 nitrogen and oxygen atoms in total. The molecule has 1 aliphatic heterocycles. The highest BCUT2D eigenvalue weighted by atomic mass is 19.2. The van der Waals surface area contributed by atoms with Crippen molar-refractivity contribution in [3.05, 3.63) is 35.4 Å². The summed E-state index contributed by atoms with van der Waals surface area (Å²) in [5.74, 6) is -1.67. The number of carbonyl (C=O) groups excluding carboxylic acids is 1. The first kappa shape index (κ1) is 14.1. The lowest BCUT2D eigenvalue weighted by Gasteiger charge is -2.28. The van der Waals surface area contributed by atoms with E-state index in [-0.39, 0.29) is 23.7 Å². The number of Topliss-reactive ketones (excluding diaryl/α,β-unsaturated/α-hetero) is 1. The maximum absolute atomic E-state index is 13.5. The van der Waals surface area contributed by atoms with Gasteiger partial charge in [-0.1, -0.05) is 13.0 Å². The summed E-state index contributed by atoms with van der Waals surface area (Å²) in [7, 11) is 0. The summed E-state index contributed by atoms with van der Waals surface area (Å²) >= 11 is 0. The minimum Gasteiger partial charge on any atom is -0.316 e. The van der Waals surface area contributed by atoms with E-state index in [0.29, 0.717) is 5.92 Å². The molecular formula is C15H19F2NO. The largest absolute Gasteiger partial charge is 0.316 e. The first-order chi connectivity index (χ1) is 9.09. The molecule has 0 radical (unpaired) electrons. The van der Waals surface area contributed by atoms with Gasteiger partial charge < -0.3 is 5.32 Å². The summed E-state index contributed by atoms with van der Waals surface area (Å²) < 4.78 is 26.6. The van der Waals surface area contributed by atoms with Crippen molar-refractivity contribution < 1.29 is 13.6 Å². The van der Waals surface area contributed by atoms with Gasteiger partial charge in [-0.15, -0.1) is 0 Å². The van der Waals surface area contributed by atoms with Gasteiger partial charge in [0, 0.05) is 6.42 Å². The minimum absolute atomic E-state index is 0.129. The van der Waals surface area contributed by atoms with Crippen LogP contribution in [0.2, 0.25) is 0 Å². The van der Waals surface area contributed by atoms with E-state index in [9.17, 15) is 13.6 Å². The van der Waals surface area contributed by atoms with E-state index < -0.39 is 11.6 Å². The summed E-state index contributed by atoms with van der Waals surface area (Å²) in [5.41, 5.74) is -0.129. The molecule has 1 aliphatic rings. The average Bonchev–Trinajstić information content (AvgIpc) is 2.42. The number of nitrogens with one attached hydrogen (secondary N) is 1. The molecule has 2 rings (SSSR count). The standard InChI is InChI=1S/C15H19F2NO/c1-10(11-4-3-7-18-9-11)8-14(19)12-5-2-6-13(16)15(12)17/h2,5-6,10-11,18H,3-4,7-9H2,1H3. The summed E-state index contributed by atoms with van der Waals surface area (Å²) in [4.78, 5) is 12.0. The Labute approximate surface area is 112 Å². The zero-order valence-corrected chi connectivity index (χ0v) is 11.1. The van der Waals surface area contributed by atoms with Gasteiger partial charge in [0.2, 0.25) is 0 Å². The van der Waals surface area contributed by atoms with Gasteiger partial charge in [0.05, 0.1) is 5.56 Å². The Kier molecular flexibility index (Phi) is 4.64. The van der Waals surface area contributed by atoms with Crippen LogP contribution in [0.1, 0.15) is 36.5 Å². The van der Waals surface area contributed by atoms with E-state index in [4.69, 9.17) is 0 Å². The van der Waals surface area contributed by atoms with Crippen LogP contribution in [-0.2, 0) is 0 Å². The van der Waals surface area contributed by atoms with Crippen molar-refractivity contribution in [1.29, 1.82) is 0 Å². The summed E-state index contributed by atoms with van der Waals surface area (Å²) in [6.45, 7) is 3.93. The molecule has 19 heavy (non-hydrogen) atoms. The van der Waals surface area contributed by atoms with Crippen molar-refractivity contribution >= 4 is 5.78 Å². The van der Waals surface area contributed by atoms with Gasteiger partial charge in [-0.3, -0.25) is 4.79 Å². The van der Waals surface area contributed by atoms with Crippen LogP contribution in [0.4, 0.5) is 8.78 Å². The van der Waals surface area contributed by atoms with Gasteiger partial charge in [0.15, 0.2) is 17.4 Å². The van der Waals surface area contributed by atoms with Crippen LogP contribution < -0.4 is 5.32 Å². The second-order valence-electron chi connectivity index (χ2n) is 5.31. The average molecular weight is 267 g/mol. The van der Waals surface area contributed by atoms with Crippen molar-refractivity contribution in [2.45, 2.75) is 26.2 Å². The molecule has 2 unspecified atom stereocenters. The molecule has 1 heterocycles. The Balaban J connectivity index is 2.02. The molecule has 0 aromatic heterocycles. The van der Waals surface area contributed by atoms with Crippen molar-refractivity contribution in [2.75, 3.05) is 13.1 Å². The van der Waals surface area contributed by atoms with Crippen molar-refractivity contribution in [1.82, 2.24) is 5.32 Å². The fraction of sp³-hybridized carbons (Fsp3) is 0.533. The third-order valence-corrected chi connectivity index (χ3v) is 3.90. The molecule has 2 atom stereocenters. The molecule has 4 heteroatoms. The number of hydrogen-bond donors (Lipinski definition) is 1. The Morgan fingerprint density at radius 2 is 2.26 bits per heavy atom. The van der Waals surface area contributed by atoms with Crippen LogP contribution in [-0.4, -0.2) is 18.9 Å². The van der Waals surface area contributed by atoms with E-state index in [1.807, 2.05) is 6.92 Å². The number of benzene rings is 1. The van der Waals surface area contributed by atoms with Crippen LogP contribution in [0.5, 0.6) is 0 Å². The molecule has 0 bridgehead atoms. The van der Waals surface area contributed by atoms with Crippen LogP contribution >= 0.6 is 0 Å². The first-order valence-corrected chi connectivity index (χ1v) is 6.77. The van der Waals surface area contributed by atoms with E-state index in [1.54, 1.807) is 0 Å². The molecule has 1 fully saturated rings. The van der Waals surface area contributed by atoms with E-state index >= 15 is 0 Å². The van der Waals surface area contributed by atoms with Crippen LogP contribution in [0, 0.1) is 23.5 Å². The summed E-state index contributed by atoms with van der Waals surface area (Å²) in [6.07, 6.45) is 2.47. The molecule has 1 aromatic rings. The quantitative estimate of drug-likeness (QED) is 0.849. The third-order valence-electron chi connectivity index (χ3n) is 3.90. The summed E-state index contributed by atoms with van der Waals surface area (Å²) in [5, 5.41) is 3.30. The molecule has 0 spiro atoms. The smallest absolute Gasteiger partial charge is 0.169 e. The number of piperidine rings is 1. The fourth-order valence-electron chi connectivity index (χ4n) is 2.65. The topological polar surface area (TPSA) is 29.1 Å². The first-order valence-electron chi connectivity index (χ1n) is 6.77. The Morgan fingerprint density at radius 3 is 2.95 bits per heavy atom. The normalized spacial score (nSPS) is 21.1. The Morgan fingerprint density at radius 1 is 1.47 bits per heavy atom. The van der Waals surface area contributed by atoms with Crippen molar-refractivity contribution in [3.8, 4) is 0 Å². The zero-order valence-electron chi connectivity index (χ0n) is 11.1. The molecule has 104 valence electrons. The van der Waals surface area contributed by atoms with Crippen LogP contribution in [0.15, 0.2) is 18.2 Å². The second kappa shape index (κ2) is 6.24. The monoisotopic (exact) mass is 267 g/mol. The predicted molar refractivity (Wildman–Crippen MR) is 70.1 cm³/mol. The molecule has 0 amide bonds. The number of carbonyl (C=O) groups is 1. The lowest BCUT2D eigenvalue weighted by Crippen LogP contribution is -2.34. The Hall–Kier alpha value is -1.29. The van der Waals surface area contributed by atoms with Gasteiger partial charge in [-0.25, -0.2) is 8.78 Å². The zero-order chi connectivity index (χ0) is 13.8. The van der Waals surface area contributed by atoms with Gasteiger partial charge in [-0.2, -0.15) is 0 Å². The lowest BCUT2D eigenvalue weighted by atomic mass is 9.83. The predicted octanol–water partition coefficient (Wildman–Crippen LogP) is 3.17. The van der Waals surface area contributed by atoms with Gasteiger partial charge in [-0.05, 0) is 49.9 Å². The third kappa shape index (κ3) is 3.38. The number of halogens is 2. The van der Waals surface area contributed by atoms with Gasteiger partial charge >= 0.3 is 0 Å². The molecule has 0 aliphatic carbocycles. The molecule has 1 N–H and O–H groups in total. The number of hydrogen-bond acceptors (Lipinski definition) is 2. The van der Waals surface area contributed by atoms with E-state index in [0.717, 1.165) is 32.0 Å². The lowest BCUT2D eigenvalue weighted by molar-refractivity contribution is 0.0938. The van der Waals surface area contributed by atoms with E-state index in [2.05, 4.69) is 5.32 Å². The highest BCUT2D eigenvalue weighted by molar-refractivity contribution is 5.96. The fourth-order valence-corrected chi connectivity index (χ4v) is 2.65. The van der Waals surface area contributed by atoms with Gasteiger partial charge in [0.25, 0.3) is 0 Å².